The monoisotopic (exact) mass is 306 g/mol. The predicted octanol–water partition coefficient (Wildman–Crippen LogP) is 2.32. The van der Waals surface area contributed by atoms with E-state index >= 15 is 0 Å². The van der Waals surface area contributed by atoms with Gasteiger partial charge in [-0.15, -0.1) is 0 Å². The Kier molecular flexibility index (Phi) is 4.45. The van der Waals surface area contributed by atoms with E-state index in [1.54, 1.807) is 12.1 Å². The minimum absolute atomic E-state index is 0.258. The van der Waals surface area contributed by atoms with Crippen LogP contribution in [-0.4, -0.2) is 31.8 Å². The Morgan fingerprint density at radius 3 is 2.76 bits per heavy atom. The number of benzene rings is 1. The van der Waals surface area contributed by atoms with Crippen molar-refractivity contribution in [1.29, 1.82) is 5.26 Å². The summed E-state index contributed by atoms with van der Waals surface area (Å²) in [7, 11) is 2.74. The molecule has 0 saturated heterocycles. The number of pyridine rings is 1. The van der Waals surface area contributed by atoms with Gasteiger partial charge in [-0.25, -0.2) is 4.79 Å². The molecule has 1 heterocycles. The Balaban J connectivity index is 2.51. The van der Waals surface area contributed by atoms with Crippen molar-refractivity contribution in [3.63, 3.8) is 0 Å². The van der Waals surface area contributed by atoms with Gasteiger partial charge in [-0.05, 0) is 6.07 Å². The van der Waals surface area contributed by atoms with Crippen LogP contribution in [0, 0.1) is 11.3 Å². The number of aromatic nitrogens is 1. The second kappa shape index (κ2) is 6.29. The molecule has 0 aliphatic carbocycles. The molecular weight excluding hydrogens is 296 g/mol. The van der Waals surface area contributed by atoms with Crippen LogP contribution in [0.3, 0.4) is 0 Å². The standard InChI is InChI=1S/C14H11ClN2O4/c1-19-11-4-10-9(14(15)8(5-16)6-17-10)3-12(11)21-7-13(18)20-2/h3-4,6H,7H2,1-2H3. The van der Waals surface area contributed by atoms with Crippen LogP contribution in [0.4, 0.5) is 0 Å². The van der Waals surface area contributed by atoms with Crippen molar-refractivity contribution in [2.75, 3.05) is 20.8 Å². The fraction of sp³-hybridized carbons (Fsp3) is 0.214. The van der Waals surface area contributed by atoms with Gasteiger partial charge in [0.05, 0.1) is 30.3 Å². The molecule has 0 atom stereocenters. The lowest BCUT2D eigenvalue weighted by Gasteiger charge is -2.12. The fourth-order valence-electron chi connectivity index (χ4n) is 1.71. The summed E-state index contributed by atoms with van der Waals surface area (Å²) < 4.78 is 15.0. The third kappa shape index (κ3) is 2.98. The number of rotatable bonds is 4. The molecule has 1 aromatic carbocycles. The Morgan fingerprint density at radius 2 is 2.14 bits per heavy atom. The highest BCUT2D eigenvalue weighted by atomic mass is 35.5. The number of fused-ring (bicyclic) bond motifs is 1. The van der Waals surface area contributed by atoms with Gasteiger partial charge in [0, 0.05) is 17.6 Å². The van der Waals surface area contributed by atoms with Crippen LogP contribution in [-0.2, 0) is 9.53 Å². The van der Waals surface area contributed by atoms with E-state index in [4.69, 9.17) is 26.3 Å². The smallest absolute Gasteiger partial charge is 0.343 e. The first-order valence-corrected chi connectivity index (χ1v) is 6.24. The lowest BCUT2D eigenvalue weighted by Crippen LogP contribution is -2.13. The van der Waals surface area contributed by atoms with Crippen LogP contribution in [0.5, 0.6) is 11.5 Å². The summed E-state index contributed by atoms with van der Waals surface area (Å²) in [5.74, 6) is 0.195. The molecule has 0 unspecified atom stereocenters. The molecule has 0 radical (unpaired) electrons. The number of nitriles is 1. The maximum Gasteiger partial charge on any atom is 0.343 e. The zero-order chi connectivity index (χ0) is 15.4. The molecule has 0 bridgehead atoms. The molecule has 2 aromatic rings. The van der Waals surface area contributed by atoms with E-state index in [1.165, 1.54) is 20.4 Å². The van der Waals surface area contributed by atoms with Gasteiger partial charge >= 0.3 is 5.97 Å². The first kappa shape index (κ1) is 14.9. The number of carbonyl (C=O) groups excluding carboxylic acids is 1. The molecule has 0 aliphatic rings. The van der Waals surface area contributed by atoms with Gasteiger partial charge in [0.2, 0.25) is 0 Å². The van der Waals surface area contributed by atoms with Gasteiger partial charge in [-0.2, -0.15) is 5.26 Å². The van der Waals surface area contributed by atoms with E-state index in [-0.39, 0.29) is 17.2 Å². The van der Waals surface area contributed by atoms with Gasteiger partial charge in [-0.1, -0.05) is 11.6 Å². The minimum Gasteiger partial charge on any atom is -0.493 e. The molecule has 0 saturated carbocycles. The number of methoxy groups -OCH3 is 2. The fourth-order valence-corrected chi connectivity index (χ4v) is 1.96. The summed E-state index contributed by atoms with van der Waals surface area (Å²) in [6.45, 7) is -0.263. The predicted molar refractivity (Wildman–Crippen MR) is 75.5 cm³/mol. The number of halogens is 1. The van der Waals surface area contributed by atoms with E-state index in [0.29, 0.717) is 22.4 Å². The van der Waals surface area contributed by atoms with Crippen molar-refractivity contribution in [1.82, 2.24) is 4.98 Å². The normalized spacial score (nSPS) is 10.0. The van der Waals surface area contributed by atoms with Crippen molar-refractivity contribution in [2.45, 2.75) is 0 Å². The third-order valence-electron chi connectivity index (χ3n) is 2.78. The van der Waals surface area contributed by atoms with Crippen LogP contribution >= 0.6 is 11.6 Å². The molecule has 7 heteroatoms. The van der Waals surface area contributed by atoms with Gasteiger partial charge in [0.15, 0.2) is 18.1 Å². The molecular formula is C14H11ClN2O4. The van der Waals surface area contributed by atoms with E-state index in [2.05, 4.69) is 9.72 Å². The first-order chi connectivity index (χ1) is 10.1. The van der Waals surface area contributed by atoms with Crippen LogP contribution < -0.4 is 9.47 Å². The molecule has 0 amide bonds. The number of esters is 1. The summed E-state index contributed by atoms with van der Waals surface area (Å²) >= 11 is 6.15. The van der Waals surface area contributed by atoms with E-state index < -0.39 is 5.97 Å². The largest absolute Gasteiger partial charge is 0.493 e. The molecule has 0 spiro atoms. The third-order valence-corrected chi connectivity index (χ3v) is 3.19. The molecule has 108 valence electrons. The average molecular weight is 307 g/mol. The quantitative estimate of drug-likeness (QED) is 0.806. The van der Waals surface area contributed by atoms with Gasteiger partial charge in [-0.3, -0.25) is 4.98 Å². The number of ether oxygens (including phenoxy) is 3. The maximum atomic E-state index is 11.1. The highest BCUT2D eigenvalue weighted by molar-refractivity contribution is 6.36. The summed E-state index contributed by atoms with van der Waals surface area (Å²) in [5.41, 5.74) is 0.814. The van der Waals surface area contributed by atoms with Gasteiger partial charge in [0.25, 0.3) is 0 Å². The SMILES string of the molecule is COC(=O)COc1cc2c(Cl)c(C#N)cnc2cc1OC. The summed E-state index contributed by atoms with van der Waals surface area (Å²) in [5, 5.41) is 9.77. The number of nitrogens with zero attached hydrogens (tertiary/aromatic N) is 2. The van der Waals surface area contributed by atoms with Gasteiger partial charge in [0.1, 0.15) is 6.07 Å². The molecule has 6 nitrogen and oxygen atoms in total. The second-order valence-electron chi connectivity index (χ2n) is 3.98. The highest BCUT2D eigenvalue weighted by Crippen LogP contribution is 2.35. The van der Waals surface area contributed by atoms with Crippen molar-refractivity contribution < 1.29 is 19.0 Å². The van der Waals surface area contributed by atoms with E-state index in [9.17, 15) is 4.79 Å². The molecule has 2 rings (SSSR count). The summed E-state index contributed by atoms with van der Waals surface area (Å²) in [6.07, 6.45) is 1.39. The second-order valence-corrected chi connectivity index (χ2v) is 4.36. The number of carbonyl (C=O) groups is 1. The topological polar surface area (TPSA) is 81.4 Å². The summed E-state index contributed by atoms with van der Waals surface area (Å²) in [6, 6.07) is 5.15. The summed E-state index contributed by atoms with van der Waals surface area (Å²) in [4.78, 5) is 15.3. The Bertz CT molecular complexity index is 740. The molecule has 0 fully saturated rings. The minimum atomic E-state index is -0.521. The van der Waals surface area contributed by atoms with Crippen LogP contribution in [0.25, 0.3) is 10.9 Å². The van der Waals surface area contributed by atoms with E-state index in [0.717, 1.165) is 0 Å². The molecule has 21 heavy (non-hydrogen) atoms. The molecule has 1 aromatic heterocycles. The van der Waals surface area contributed by atoms with Crippen molar-refractivity contribution in [2.24, 2.45) is 0 Å². The van der Waals surface area contributed by atoms with Crippen molar-refractivity contribution >= 4 is 28.5 Å². The first-order valence-electron chi connectivity index (χ1n) is 5.86. The van der Waals surface area contributed by atoms with E-state index in [1.807, 2.05) is 6.07 Å². The Labute approximate surface area is 125 Å². The lowest BCUT2D eigenvalue weighted by atomic mass is 10.1. The highest BCUT2D eigenvalue weighted by Gasteiger charge is 2.14. The van der Waals surface area contributed by atoms with Gasteiger partial charge < -0.3 is 14.2 Å². The van der Waals surface area contributed by atoms with Crippen molar-refractivity contribution in [3.05, 3.63) is 28.9 Å². The zero-order valence-electron chi connectivity index (χ0n) is 11.3. The molecule has 0 N–H and O–H groups in total. The number of hydrogen-bond donors (Lipinski definition) is 0. The van der Waals surface area contributed by atoms with Crippen LogP contribution in [0.2, 0.25) is 5.02 Å². The average Bonchev–Trinajstić information content (AvgIpc) is 2.52. The lowest BCUT2D eigenvalue weighted by molar-refractivity contribution is -0.142. The van der Waals surface area contributed by atoms with Crippen LogP contribution in [0.15, 0.2) is 18.3 Å². The molecule has 0 aliphatic heterocycles. The van der Waals surface area contributed by atoms with Crippen LogP contribution in [0.1, 0.15) is 5.56 Å². The Hall–Kier alpha value is -2.52. The maximum absolute atomic E-state index is 11.1. The van der Waals surface area contributed by atoms with Crippen molar-refractivity contribution in [3.8, 4) is 17.6 Å². The number of hydrogen-bond acceptors (Lipinski definition) is 6. The Morgan fingerprint density at radius 1 is 1.38 bits per heavy atom. The zero-order valence-corrected chi connectivity index (χ0v) is 12.1.